The third kappa shape index (κ3) is 4.05. The Bertz CT molecular complexity index is 1270. The highest BCUT2D eigenvalue weighted by molar-refractivity contribution is 5.92. The van der Waals surface area contributed by atoms with Gasteiger partial charge in [-0.2, -0.15) is 5.26 Å². The van der Waals surface area contributed by atoms with Gasteiger partial charge in [-0.3, -0.25) is 4.79 Å². The fourth-order valence-corrected chi connectivity index (χ4v) is 4.13. The molecule has 1 saturated heterocycles. The van der Waals surface area contributed by atoms with Crippen LogP contribution in [-0.2, 0) is 7.05 Å². The first-order valence-electron chi connectivity index (χ1n) is 10.8. The molecule has 1 atom stereocenters. The number of nitrogens with zero attached hydrogens (tertiary/aromatic N) is 7. The number of nitriles is 1. The molecule has 11 nitrogen and oxygen atoms in total. The quantitative estimate of drug-likeness (QED) is 0.561. The van der Waals surface area contributed by atoms with Gasteiger partial charge in [0.25, 0.3) is 5.91 Å². The predicted molar refractivity (Wildman–Crippen MR) is 120 cm³/mol. The molecule has 11 heteroatoms. The fraction of sp³-hybridized carbons (Fsp3) is 0.348. The Hall–Kier alpha value is -4.33. The lowest BCUT2D eigenvalue weighted by Crippen LogP contribution is -2.31. The highest BCUT2D eigenvalue weighted by atomic mass is 16.5. The van der Waals surface area contributed by atoms with Crippen LogP contribution >= 0.6 is 0 Å². The smallest absolute Gasteiger partial charge is 0.274 e. The predicted octanol–water partition coefficient (Wildman–Crippen LogP) is 1.91. The maximum Gasteiger partial charge on any atom is 0.274 e. The molecule has 5 rings (SSSR count). The summed E-state index contributed by atoms with van der Waals surface area (Å²) in [6.07, 6.45) is 7.13. The van der Waals surface area contributed by atoms with Gasteiger partial charge in [0.15, 0.2) is 5.75 Å². The van der Waals surface area contributed by atoms with Gasteiger partial charge in [-0.15, -0.1) is 0 Å². The van der Waals surface area contributed by atoms with E-state index in [9.17, 15) is 10.1 Å². The maximum atomic E-state index is 12.7. The van der Waals surface area contributed by atoms with Gasteiger partial charge >= 0.3 is 0 Å². The second-order valence-corrected chi connectivity index (χ2v) is 8.06. The molecule has 0 aliphatic carbocycles. The van der Waals surface area contributed by atoms with E-state index in [0.29, 0.717) is 55.5 Å². The van der Waals surface area contributed by atoms with Crippen LogP contribution in [0.1, 0.15) is 22.5 Å². The van der Waals surface area contributed by atoms with Crippen LogP contribution < -0.4 is 19.1 Å². The molecule has 3 aromatic heterocycles. The zero-order valence-electron chi connectivity index (χ0n) is 18.8. The lowest BCUT2D eigenvalue weighted by Gasteiger charge is -2.31. The Morgan fingerprint density at radius 2 is 2.12 bits per heavy atom. The topological polar surface area (TPSA) is 119 Å². The minimum Gasteiger partial charge on any atom is -0.488 e. The van der Waals surface area contributed by atoms with Crippen molar-refractivity contribution >= 4 is 17.3 Å². The Labute approximate surface area is 196 Å². The highest BCUT2D eigenvalue weighted by Crippen LogP contribution is 2.39. The van der Waals surface area contributed by atoms with Crippen molar-refractivity contribution in [3.8, 4) is 23.6 Å². The van der Waals surface area contributed by atoms with Crippen molar-refractivity contribution in [3.63, 3.8) is 0 Å². The van der Waals surface area contributed by atoms with E-state index < -0.39 is 0 Å². The first-order chi connectivity index (χ1) is 16.6. The summed E-state index contributed by atoms with van der Waals surface area (Å²) in [4.78, 5) is 29.2. The number of fused-ring (bicyclic) bond motifs is 1. The molecule has 34 heavy (non-hydrogen) atoms. The van der Waals surface area contributed by atoms with E-state index in [2.05, 4.69) is 21.0 Å². The minimum absolute atomic E-state index is 0.107. The van der Waals surface area contributed by atoms with Gasteiger partial charge in [0.2, 0.25) is 11.8 Å². The summed E-state index contributed by atoms with van der Waals surface area (Å²) in [6, 6.07) is 5.67. The average Bonchev–Trinajstić information content (AvgIpc) is 3.52. The number of anilines is 2. The summed E-state index contributed by atoms with van der Waals surface area (Å²) in [5.41, 5.74) is 2.29. The molecular weight excluding hydrogens is 438 g/mol. The summed E-state index contributed by atoms with van der Waals surface area (Å²) in [5, 5.41) is 9.43. The van der Waals surface area contributed by atoms with E-state index in [0.717, 1.165) is 11.4 Å². The molecule has 3 aromatic rings. The van der Waals surface area contributed by atoms with E-state index >= 15 is 0 Å². The number of amides is 1. The average molecular weight is 461 g/mol. The van der Waals surface area contributed by atoms with Gasteiger partial charge in [-0.1, -0.05) is 0 Å². The second-order valence-electron chi connectivity index (χ2n) is 8.06. The Kier molecular flexibility index (Phi) is 5.63. The van der Waals surface area contributed by atoms with Gasteiger partial charge in [-0.25, -0.2) is 15.0 Å². The molecule has 5 heterocycles. The monoisotopic (exact) mass is 461 g/mol. The van der Waals surface area contributed by atoms with Crippen molar-refractivity contribution in [2.45, 2.75) is 12.5 Å². The number of imidazole rings is 1. The molecule has 174 valence electrons. The molecule has 0 aromatic carbocycles. The molecule has 0 bridgehead atoms. The number of hydrogen-bond donors (Lipinski definition) is 0. The van der Waals surface area contributed by atoms with E-state index in [1.165, 1.54) is 7.11 Å². The minimum atomic E-state index is -0.177. The highest BCUT2D eigenvalue weighted by Gasteiger charge is 2.30. The summed E-state index contributed by atoms with van der Waals surface area (Å²) < 4.78 is 18.8. The largest absolute Gasteiger partial charge is 0.488 e. The van der Waals surface area contributed by atoms with Crippen molar-refractivity contribution in [3.05, 3.63) is 48.3 Å². The fourth-order valence-electron chi connectivity index (χ4n) is 4.13. The molecule has 1 amide bonds. The van der Waals surface area contributed by atoms with Crippen molar-refractivity contribution < 1.29 is 19.0 Å². The number of aromatic nitrogens is 4. The molecule has 2 aliphatic rings. The lowest BCUT2D eigenvalue weighted by atomic mass is 10.2. The Morgan fingerprint density at radius 3 is 2.88 bits per heavy atom. The standard InChI is InChI=1S/C23H23N7O4/c1-28-13-18(27-14-28)23(31)29-4-3-17(12-29)34-21-8-19-20(11-25-21)33-6-5-30(19)16-7-15(9-24)22(32-2)26-10-16/h7-8,10-11,13-14,17H,3-6,12H2,1-2H3. The number of pyridine rings is 2. The molecular formula is C23H23N7O4. The van der Waals surface area contributed by atoms with Crippen LogP contribution in [0.5, 0.6) is 17.5 Å². The van der Waals surface area contributed by atoms with Crippen LogP contribution in [0.25, 0.3) is 0 Å². The van der Waals surface area contributed by atoms with Crippen molar-refractivity contribution in [2.75, 3.05) is 38.3 Å². The van der Waals surface area contributed by atoms with Gasteiger partial charge in [0, 0.05) is 32.3 Å². The molecule has 1 unspecified atom stereocenters. The molecule has 1 fully saturated rings. The van der Waals surface area contributed by atoms with Crippen LogP contribution in [0.3, 0.4) is 0 Å². The lowest BCUT2D eigenvalue weighted by molar-refractivity contribution is 0.0766. The summed E-state index contributed by atoms with van der Waals surface area (Å²) in [7, 11) is 3.31. The third-order valence-corrected chi connectivity index (χ3v) is 5.79. The van der Waals surface area contributed by atoms with Crippen LogP contribution in [0, 0.1) is 11.3 Å². The van der Waals surface area contributed by atoms with E-state index in [1.54, 1.807) is 40.5 Å². The summed E-state index contributed by atoms with van der Waals surface area (Å²) in [5.74, 6) is 1.23. The molecule has 2 aliphatic heterocycles. The van der Waals surface area contributed by atoms with E-state index in [-0.39, 0.29) is 17.9 Å². The number of carbonyl (C=O) groups excluding carboxylic acids is 1. The van der Waals surface area contributed by atoms with Gasteiger partial charge in [0.1, 0.15) is 30.0 Å². The summed E-state index contributed by atoms with van der Waals surface area (Å²) in [6.45, 7) is 2.10. The van der Waals surface area contributed by atoms with Crippen molar-refractivity contribution in [1.82, 2.24) is 24.4 Å². The van der Waals surface area contributed by atoms with Crippen LogP contribution in [0.2, 0.25) is 0 Å². The number of carbonyl (C=O) groups is 1. The van der Waals surface area contributed by atoms with Crippen LogP contribution in [0.4, 0.5) is 11.4 Å². The molecule has 0 saturated carbocycles. The second kappa shape index (κ2) is 8.90. The van der Waals surface area contributed by atoms with E-state index in [4.69, 9.17) is 14.2 Å². The SMILES string of the molecule is COc1ncc(N2CCOc3cnc(OC4CCN(C(=O)c5cn(C)cn5)C4)cc32)cc1C#N. The number of rotatable bonds is 5. The third-order valence-electron chi connectivity index (χ3n) is 5.79. The summed E-state index contributed by atoms with van der Waals surface area (Å²) >= 11 is 0. The van der Waals surface area contributed by atoms with Gasteiger partial charge in [-0.05, 0) is 6.07 Å². The number of hydrogen-bond acceptors (Lipinski definition) is 9. The number of methoxy groups -OCH3 is 1. The number of ether oxygens (including phenoxy) is 3. The zero-order chi connectivity index (χ0) is 23.7. The maximum absolute atomic E-state index is 12.7. The number of likely N-dealkylation sites (tertiary alicyclic amines) is 1. The molecule has 0 N–H and O–H groups in total. The van der Waals surface area contributed by atoms with Gasteiger partial charge in [0.05, 0.1) is 50.3 Å². The van der Waals surface area contributed by atoms with Crippen LogP contribution in [-0.4, -0.2) is 69.8 Å². The van der Waals surface area contributed by atoms with Gasteiger partial charge < -0.3 is 28.6 Å². The zero-order valence-corrected chi connectivity index (χ0v) is 18.8. The first-order valence-corrected chi connectivity index (χ1v) is 10.8. The number of aryl methyl sites for hydroxylation is 1. The Balaban J connectivity index is 1.33. The normalized spacial score (nSPS) is 17.0. The Morgan fingerprint density at radius 1 is 1.24 bits per heavy atom. The first kappa shape index (κ1) is 21.5. The van der Waals surface area contributed by atoms with Crippen molar-refractivity contribution in [2.24, 2.45) is 7.05 Å². The molecule has 0 spiro atoms. The van der Waals surface area contributed by atoms with Crippen LogP contribution in [0.15, 0.2) is 37.1 Å². The van der Waals surface area contributed by atoms with E-state index in [1.807, 2.05) is 18.0 Å². The molecule has 0 radical (unpaired) electrons. The van der Waals surface area contributed by atoms with Crippen molar-refractivity contribution in [1.29, 1.82) is 5.26 Å².